The van der Waals surface area contributed by atoms with Crippen LogP contribution in [0.15, 0.2) is 48.5 Å². The Bertz CT molecular complexity index is 435. The lowest BCUT2D eigenvalue weighted by molar-refractivity contribution is 0.868. The average molecular weight is 239 g/mol. The quantitative estimate of drug-likeness (QED) is 0.861. The van der Waals surface area contributed by atoms with Gasteiger partial charge in [0.05, 0.1) is 6.04 Å². The summed E-state index contributed by atoms with van der Waals surface area (Å²) < 4.78 is 0. The molecule has 0 unspecified atom stereocenters. The van der Waals surface area contributed by atoms with E-state index >= 15 is 0 Å². The molecular weight excluding hydrogens is 218 g/mol. The first-order valence-electron chi connectivity index (χ1n) is 6.67. The summed E-state index contributed by atoms with van der Waals surface area (Å²) in [6, 6.07) is 17.2. The largest absolute Gasteiger partial charge is 0.320 e. The second-order valence-corrected chi connectivity index (χ2v) is 4.67. The van der Waals surface area contributed by atoms with E-state index in [0.717, 1.165) is 12.8 Å². The second-order valence-electron chi connectivity index (χ2n) is 4.67. The van der Waals surface area contributed by atoms with Gasteiger partial charge in [-0.2, -0.15) is 0 Å². The second kappa shape index (κ2) is 5.83. The van der Waals surface area contributed by atoms with Crippen LogP contribution in [-0.4, -0.2) is 0 Å². The highest BCUT2D eigenvalue weighted by molar-refractivity contribution is 5.34. The topological polar surface area (TPSA) is 26.0 Å². The Balaban J connectivity index is 2.20. The van der Waals surface area contributed by atoms with Gasteiger partial charge in [0, 0.05) is 0 Å². The molecule has 18 heavy (non-hydrogen) atoms. The molecule has 0 atom stereocenters. The molecule has 0 aliphatic rings. The number of rotatable bonds is 4. The van der Waals surface area contributed by atoms with Crippen molar-refractivity contribution in [1.82, 2.24) is 0 Å². The highest BCUT2D eigenvalue weighted by Gasteiger charge is 2.08. The zero-order valence-corrected chi connectivity index (χ0v) is 11.2. The molecular formula is C17H21N. The minimum atomic E-state index is -0.0261. The molecule has 1 heteroatoms. The monoisotopic (exact) mass is 239 g/mol. The van der Waals surface area contributed by atoms with Crippen LogP contribution in [0.25, 0.3) is 0 Å². The molecule has 0 radical (unpaired) electrons. The molecule has 2 rings (SSSR count). The third kappa shape index (κ3) is 2.80. The average Bonchev–Trinajstić information content (AvgIpc) is 2.47. The molecule has 94 valence electrons. The Morgan fingerprint density at radius 2 is 1.06 bits per heavy atom. The van der Waals surface area contributed by atoms with Gasteiger partial charge in [0.2, 0.25) is 0 Å². The fourth-order valence-corrected chi connectivity index (χ4v) is 2.11. The summed E-state index contributed by atoms with van der Waals surface area (Å²) in [7, 11) is 0. The van der Waals surface area contributed by atoms with E-state index in [-0.39, 0.29) is 6.04 Å². The molecule has 0 amide bonds. The standard InChI is InChI=1S/C17H21N/c1-3-13-5-9-15(10-6-13)17(18)16-11-7-14(4-2)8-12-16/h5-12,17H,3-4,18H2,1-2H3. The van der Waals surface area contributed by atoms with Crippen molar-refractivity contribution in [2.45, 2.75) is 32.7 Å². The van der Waals surface area contributed by atoms with Crippen molar-refractivity contribution in [3.63, 3.8) is 0 Å². The zero-order valence-electron chi connectivity index (χ0n) is 11.2. The molecule has 2 aromatic rings. The molecule has 2 N–H and O–H groups in total. The zero-order chi connectivity index (χ0) is 13.0. The highest BCUT2D eigenvalue weighted by atomic mass is 14.6. The minimum absolute atomic E-state index is 0.0261. The van der Waals surface area contributed by atoms with Crippen molar-refractivity contribution in [3.8, 4) is 0 Å². The third-order valence-electron chi connectivity index (χ3n) is 3.49. The van der Waals surface area contributed by atoms with Gasteiger partial charge in [-0.25, -0.2) is 0 Å². The van der Waals surface area contributed by atoms with Gasteiger partial charge in [-0.15, -0.1) is 0 Å². The van der Waals surface area contributed by atoms with Gasteiger partial charge in [0.1, 0.15) is 0 Å². The van der Waals surface area contributed by atoms with Gasteiger partial charge in [-0.3, -0.25) is 0 Å². The van der Waals surface area contributed by atoms with Crippen LogP contribution in [-0.2, 0) is 12.8 Å². The Morgan fingerprint density at radius 3 is 1.33 bits per heavy atom. The number of hydrogen-bond acceptors (Lipinski definition) is 1. The maximum absolute atomic E-state index is 6.30. The summed E-state index contributed by atoms with van der Waals surface area (Å²) in [6.45, 7) is 4.33. The number of benzene rings is 2. The first kappa shape index (κ1) is 12.8. The van der Waals surface area contributed by atoms with Crippen molar-refractivity contribution in [2.24, 2.45) is 5.73 Å². The maximum Gasteiger partial charge on any atom is 0.0551 e. The van der Waals surface area contributed by atoms with Gasteiger partial charge >= 0.3 is 0 Å². The van der Waals surface area contributed by atoms with Crippen LogP contribution >= 0.6 is 0 Å². The van der Waals surface area contributed by atoms with E-state index in [2.05, 4.69) is 62.4 Å². The molecule has 0 bridgehead atoms. The van der Waals surface area contributed by atoms with E-state index in [9.17, 15) is 0 Å². The van der Waals surface area contributed by atoms with E-state index in [4.69, 9.17) is 5.73 Å². The molecule has 0 fully saturated rings. The van der Waals surface area contributed by atoms with Gasteiger partial charge in [-0.05, 0) is 35.1 Å². The first-order chi connectivity index (χ1) is 8.74. The number of hydrogen-bond donors (Lipinski definition) is 1. The molecule has 0 saturated carbocycles. The lowest BCUT2D eigenvalue weighted by atomic mass is 9.97. The molecule has 0 aliphatic carbocycles. The minimum Gasteiger partial charge on any atom is -0.320 e. The molecule has 0 aliphatic heterocycles. The van der Waals surface area contributed by atoms with Crippen molar-refractivity contribution >= 4 is 0 Å². The third-order valence-corrected chi connectivity index (χ3v) is 3.49. The van der Waals surface area contributed by atoms with E-state index in [0.29, 0.717) is 0 Å². The molecule has 0 spiro atoms. The van der Waals surface area contributed by atoms with Gasteiger partial charge < -0.3 is 5.73 Å². The lowest BCUT2D eigenvalue weighted by Gasteiger charge is -2.13. The molecule has 0 saturated heterocycles. The summed E-state index contributed by atoms with van der Waals surface area (Å²) in [4.78, 5) is 0. The Labute approximate surface area is 110 Å². The summed E-state index contributed by atoms with van der Waals surface area (Å²) in [5.41, 5.74) is 11.4. The lowest BCUT2D eigenvalue weighted by Crippen LogP contribution is -2.11. The van der Waals surface area contributed by atoms with Crippen LogP contribution in [0, 0.1) is 0 Å². The summed E-state index contributed by atoms with van der Waals surface area (Å²) in [5, 5.41) is 0. The number of aryl methyl sites for hydroxylation is 2. The van der Waals surface area contributed by atoms with Gasteiger partial charge in [-0.1, -0.05) is 62.4 Å². The smallest absolute Gasteiger partial charge is 0.0551 e. The SMILES string of the molecule is CCc1ccc(C(N)c2ccc(CC)cc2)cc1. The Morgan fingerprint density at radius 1 is 0.722 bits per heavy atom. The van der Waals surface area contributed by atoms with Crippen molar-refractivity contribution in [2.75, 3.05) is 0 Å². The van der Waals surface area contributed by atoms with Crippen molar-refractivity contribution < 1.29 is 0 Å². The Hall–Kier alpha value is -1.60. The summed E-state index contributed by atoms with van der Waals surface area (Å²) in [5.74, 6) is 0. The van der Waals surface area contributed by atoms with Gasteiger partial charge in [0.25, 0.3) is 0 Å². The fourth-order valence-electron chi connectivity index (χ4n) is 2.11. The summed E-state index contributed by atoms with van der Waals surface area (Å²) >= 11 is 0. The molecule has 0 heterocycles. The Kier molecular flexibility index (Phi) is 4.16. The van der Waals surface area contributed by atoms with E-state index < -0.39 is 0 Å². The predicted molar refractivity (Wildman–Crippen MR) is 77.7 cm³/mol. The normalized spacial score (nSPS) is 10.9. The van der Waals surface area contributed by atoms with E-state index in [1.807, 2.05) is 0 Å². The summed E-state index contributed by atoms with van der Waals surface area (Å²) in [6.07, 6.45) is 2.14. The van der Waals surface area contributed by atoms with Crippen molar-refractivity contribution in [1.29, 1.82) is 0 Å². The van der Waals surface area contributed by atoms with Crippen LogP contribution in [0.4, 0.5) is 0 Å². The maximum atomic E-state index is 6.30. The van der Waals surface area contributed by atoms with Crippen LogP contribution in [0.1, 0.15) is 42.1 Å². The number of nitrogens with two attached hydrogens (primary N) is 1. The molecule has 0 aromatic heterocycles. The highest BCUT2D eigenvalue weighted by Crippen LogP contribution is 2.20. The molecule has 1 nitrogen and oxygen atoms in total. The van der Waals surface area contributed by atoms with Crippen LogP contribution in [0.5, 0.6) is 0 Å². The van der Waals surface area contributed by atoms with E-state index in [1.165, 1.54) is 22.3 Å². The van der Waals surface area contributed by atoms with Crippen LogP contribution < -0.4 is 5.73 Å². The van der Waals surface area contributed by atoms with Crippen LogP contribution in [0.3, 0.4) is 0 Å². The predicted octanol–water partition coefficient (Wildman–Crippen LogP) is 3.86. The van der Waals surface area contributed by atoms with Crippen LogP contribution in [0.2, 0.25) is 0 Å². The van der Waals surface area contributed by atoms with Gasteiger partial charge in [0.15, 0.2) is 0 Å². The fraction of sp³-hybridized carbons (Fsp3) is 0.294. The first-order valence-corrected chi connectivity index (χ1v) is 6.67. The van der Waals surface area contributed by atoms with Crippen molar-refractivity contribution in [3.05, 3.63) is 70.8 Å². The van der Waals surface area contributed by atoms with E-state index in [1.54, 1.807) is 0 Å². The molecule has 2 aromatic carbocycles.